The maximum atomic E-state index is 12.1. The molecule has 0 bridgehead atoms. The number of rotatable bonds is 2. The molecule has 2 heterocycles. The Bertz CT molecular complexity index is 830. The first-order chi connectivity index (χ1) is 10.0. The number of hydrogen-bond acceptors (Lipinski definition) is 4. The number of nitrogens with one attached hydrogen (secondary N) is 1. The van der Waals surface area contributed by atoms with Crippen LogP contribution in [0.5, 0.6) is 0 Å². The SMILES string of the molecule is O=C(Nc1nc2ccc(Cl)cc2s1)c1cc(Cl)nc(Cl)c1. The highest BCUT2D eigenvalue weighted by Gasteiger charge is 2.12. The lowest BCUT2D eigenvalue weighted by Gasteiger charge is -2.02. The van der Waals surface area contributed by atoms with Gasteiger partial charge in [-0.1, -0.05) is 46.1 Å². The van der Waals surface area contributed by atoms with E-state index in [9.17, 15) is 4.79 Å². The Hall–Kier alpha value is -1.40. The Labute approximate surface area is 138 Å². The number of hydrogen-bond donors (Lipinski definition) is 1. The van der Waals surface area contributed by atoms with Gasteiger partial charge in [0.1, 0.15) is 10.3 Å². The largest absolute Gasteiger partial charge is 0.298 e. The average molecular weight is 359 g/mol. The molecule has 0 radical (unpaired) electrons. The second-order valence-electron chi connectivity index (χ2n) is 4.09. The highest BCUT2D eigenvalue weighted by molar-refractivity contribution is 7.22. The van der Waals surface area contributed by atoms with Crippen molar-refractivity contribution >= 4 is 67.4 Å². The maximum absolute atomic E-state index is 12.1. The van der Waals surface area contributed by atoms with E-state index >= 15 is 0 Å². The van der Waals surface area contributed by atoms with Crippen LogP contribution >= 0.6 is 46.1 Å². The van der Waals surface area contributed by atoms with Gasteiger partial charge in [0.2, 0.25) is 0 Å². The first-order valence-corrected chi connectivity index (χ1v) is 7.67. The Morgan fingerprint density at radius 1 is 1.05 bits per heavy atom. The topological polar surface area (TPSA) is 54.9 Å². The molecule has 4 nitrogen and oxygen atoms in total. The summed E-state index contributed by atoms with van der Waals surface area (Å²) in [5.41, 5.74) is 1.09. The first-order valence-electron chi connectivity index (χ1n) is 5.72. The number of aromatic nitrogens is 2. The van der Waals surface area contributed by atoms with Crippen LogP contribution in [0.2, 0.25) is 15.3 Å². The molecule has 0 aliphatic rings. The van der Waals surface area contributed by atoms with Crippen LogP contribution in [0.4, 0.5) is 5.13 Å². The monoisotopic (exact) mass is 357 g/mol. The molecule has 3 aromatic rings. The van der Waals surface area contributed by atoms with E-state index in [0.29, 0.717) is 15.7 Å². The average Bonchev–Trinajstić information content (AvgIpc) is 2.78. The summed E-state index contributed by atoms with van der Waals surface area (Å²) >= 11 is 18.8. The van der Waals surface area contributed by atoms with Gasteiger partial charge in [0.05, 0.1) is 10.2 Å². The van der Waals surface area contributed by atoms with E-state index in [4.69, 9.17) is 34.8 Å². The van der Waals surface area contributed by atoms with Crippen LogP contribution in [-0.4, -0.2) is 15.9 Å². The second-order valence-corrected chi connectivity index (χ2v) is 6.33. The van der Waals surface area contributed by atoms with Crippen molar-refractivity contribution in [3.63, 3.8) is 0 Å². The molecule has 0 aliphatic carbocycles. The highest BCUT2D eigenvalue weighted by Crippen LogP contribution is 2.28. The van der Waals surface area contributed by atoms with Gasteiger partial charge in [-0.15, -0.1) is 0 Å². The smallest absolute Gasteiger partial charge is 0.257 e. The van der Waals surface area contributed by atoms with E-state index in [0.717, 1.165) is 10.2 Å². The van der Waals surface area contributed by atoms with Crippen LogP contribution in [0.1, 0.15) is 10.4 Å². The molecule has 0 atom stereocenters. The number of carbonyl (C=O) groups excluding carboxylic acids is 1. The molecule has 2 aromatic heterocycles. The van der Waals surface area contributed by atoms with E-state index in [1.165, 1.54) is 23.5 Å². The third kappa shape index (κ3) is 3.27. The summed E-state index contributed by atoms with van der Waals surface area (Å²) in [5, 5.41) is 4.11. The van der Waals surface area contributed by atoms with Crippen molar-refractivity contribution in [3.8, 4) is 0 Å². The molecule has 0 saturated carbocycles. The molecule has 0 spiro atoms. The van der Waals surface area contributed by atoms with Crippen molar-refractivity contribution in [2.24, 2.45) is 0 Å². The fraction of sp³-hybridized carbons (Fsp3) is 0. The van der Waals surface area contributed by atoms with Crippen LogP contribution in [0.3, 0.4) is 0 Å². The predicted molar refractivity (Wildman–Crippen MR) is 86.8 cm³/mol. The zero-order valence-electron chi connectivity index (χ0n) is 10.2. The number of pyridine rings is 1. The normalized spacial score (nSPS) is 10.8. The molecular formula is C13H6Cl3N3OS. The van der Waals surface area contributed by atoms with Gasteiger partial charge < -0.3 is 0 Å². The molecule has 21 heavy (non-hydrogen) atoms. The number of fused-ring (bicyclic) bond motifs is 1. The van der Waals surface area contributed by atoms with Crippen molar-refractivity contribution in [1.82, 2.24) is 9.97 Å². The number of amides is 1. The summed E-state index contributed by atoms with van der Waals surface area (Å²) in [5.74, 6) is -0.355. The molecule has 1 N–H and O–H groups in total. The lowest BCUT2D eigenvalue weighted by molar-refractivity contribution is 0.102. The molecule has 1 amide bonds. The quantitative estimate of drug-likeness (QED) is 0.663. The van der Waals surface area contributed by atoms with Crippen molar-refractivity contribution in [3.05, 3.63) is 51.2 Å². The summed E-state index contributed by atoms with van der Waals surface area (Å²) in [6, 6.07) is 8.21. The lowest BCUT2D eigenvalue weighted by atomic mass is 10.2. The van der Waals surface area contributed by atoms with E-state index in [1.807, 2.05) is 0 Å². The summed E-state index contributed by atoms with van der Waals surface area (Å²) in [6.07, 6.45) is 0. The summed E-state index contributed by atoms with van der Waals surface area (Å²) in [6.45, 7) is 0. The molecule has 0 saturated heterocycles. The standard InChI is InChI=1S/C13H6Cl3N3OS/c14-7-1-2-8-9(5-7)21-13(17-8)19-12(20)6-3-10(15)18-11(16)4-6/h1-5H,(H,17,19,20). The van der Waals surface area contributed by atoms with Crippen molar-refractivity contribution < 1.29 is 4.79 Å². The number of benzene rings is 1. The molecule has 3 rings (SSSR count). The van der Waals surface area contributed by atoms with Gasteiger partial charge in [-0.05, 0) is 30.3 Å². The number of carbonyl (C=O) groups is 1. The Kier molecular flexibility index (Phi) is 3.99. The maximum Gasteiger partial charge on any atom is 0.257 e. The third-order valence-electron chi connectivity index (χ3n) is 2.60. The fourth-order valence-corrected chi connectivity index (χ4v) is 3.31. The van der Waals surface area contributed by atoms with E-state index < -0.39 is 0 Å². The van der Waals surface area contributed by atoms with Crippen molar-refractivity contribution in [1.29, 1.82) is 0 Å². The van der Waals surface area contributed by atoms with Gasteiger partial charge in [0, 0.05) is 10.6 Å². The molecular weight excluding hydrogens is 353 g/mol. The van der Waals surface area contributed by atoms with Gasteiger partial charge in [-0.25, -0.2) is 9.97 Å². The summed E-state index contributed by atoms with van der Waals surface area (Å²) in [4.78, 5) is 20.2. The lowest BCUT2D eigenvalue weighted by Crippen LogP contribution is -2.11. The minimum atomic E-state index is -0.355. The molecule has 0 unspecified atom stereocenters. The number of anilines is 1. The Morgan fingerprint density at radius 2 is 1.76 bits per heavy atom. The highest BCUT2D eigenvalue weighted by atomic mass is 35.5. The van der Waals surface area contributed by atoms with Gasteiger partial charge in [0.15, 0.2) is 5.13 Å². The second kappa shape index (κ2) is 5.77. The molecule has 106 valence electrons. The van der Waals surface area contributed by atoms with E-state index in [2.05, 4.69) is 15.3 Å². The minimum absolute atomic E-state index is 0.156. The van der Waals surface area contributed by atoms with Gasteiger partial charge in [0.25, 0.3) is 5.91 Å². The van der Waals surface area contributed by atoms with Gasteiger partial charge in [-0.3, -0.25) is 10.1 Å². The minimum Gasteiger partial charge on any atom is -0.298 e. The van der Waals surface area contributed by atoms with Crippen LogP contribution in [0, 0.1) is 0 Å². The number of halogens is 3. The van der Waals surface area contributed by atoms with Crippen LogP contribution < -0.4 is 5.32 Å². The number of nitrogens with zero attached hydrogens (tertiary/aromatic N) is 2. The molecule has 8 heteroatoms. The van der Waals surface area contributed by atoms with Crippen molar-refractivity contribution in [2.75, 3.05) is 5.32 Å². The van der Waals surface area contributed by atoms with E-state index in [1.54, 1.807) is 18.2 Å². The zero-order valence-corrected chi connectivity index (χ0v) is 13.3. The Balaban J connectivity index is 1.88. The third-order valence-corrected chi connectivity index (χ3v) is 4.15. The van der Waals surface area contributed by atoms with Crippen LogP contribution in [-0.2, 0) is 0 Å². The molecule has 0 fully saturated rings. The zero-order chi connectivity index (χ0) is 15.0. The first kappa shape index (κ1) is 14.5. The van der Waals surface area contributed by atoms with Crippen molar-refractivity contribution in [2.45, 2.75) is 0 Å². The van der Waals surface area contributed by atoms with E-state index in [-0.39, 0.29) is 16.2 Å². The fourth-order valence-electron chi connectivity index (χ4n) is 1.72. The predicted octanol–water partition coefficient (Wildman–Crippen LogP) is 4.90. The number of thiazole rings is 1. The van der Waals surface area contributed by atoms with Crippen LogP contribution in [0.15, 0.2) is 30.3 Å². The molecule has 1 aromatic carbocycles. The van der Waals surface area contributed by atoms with Gasteiger partial charge in [-0.2, -0.15) is 0 Å². The van der Waals surface area contributed by atoms with Gasteiger partial charge >= 0.3 is 0 Å². The Morgan fingerprint density at radius 3 is 2.48 bits per heavy atom. The van der Waals surface area contributed by atoms with Crippen LogP contribution in [0.25, 0.3) is 10.2 Å². The summed E-state index contributed by atoms with van der Waals surface area (Å²) in [7, 11) is 0. The summed E-state index contributed by atoms with van der Waals surface area (Å²) < 4.78 is 0.892. The molecule has 0 aliphatic heterocycles.